The van der Waals surface area contributed by atoms with Gasteiger partial charge in [-0.1, -0.05) is 38.1 Å². The highest BCUT2D eigenvalue weighted by Crippen LogP contribution is 2.18. The van der Waals surface area contributed by atoms with Gasteiger partial charge in [-0.05, 0) is 25.5 Å². The van der Waals surface area contributed by atoms with Gasteiger partial charge in [0.15, 0.2) is 0 Å². The summed E-state index contributed by atoms with van der Waals surface area (Å²) >= 11 is 0. The van der Waals surface area contributed by atoms with Gasteiger partial charge in [-0.25, -0.2) is 12.7 Å². The summed E-state index contributed by atoms with van der Waals surface area (Å²) in [6.07, 6.45) is 1.44. The molecule has 104 valence electrons. The normalized spacial score (nSPS) is 11.1. The molecule has 4 nitrogen and oxygen atoms in total. The third-order valence-corrected chi connectivity index (χ3v) is 4.43. The van der Waals surface area contributed by atoms with E-state index >= 15 is 0 Å². The van der Waals surface area contributed by atoms with Crippen molar-refractivity contribution in [3.63, 3.8) is 0 Å². The zero-order chi connectivity index (χ0) is 14.5. The highest BCUT2D eigenvalue weighted by Gasteiger charge is 2.28. The van der Waals surface area contributed by atoms with Crippen LogP contribution in [0.15, 0.2) is 47.4 Å². The standard InChI is InChI=1S/C14H19NO3S/c1-4-5-11-15(14(16)12(2)3)19(17,18)13-9-7-6-8-10-13/h6-10H,2,4-5,11H2,1,3H3. The summed E-state index contributed by atoms with van der Waals surface area (Å²) in [7, 11) is -3.79. The molecular weight excluding hydrogens is 262 g/mol. The monoisotopic (exact) mass is 281 g/mol. The molecule has 0 aliphatic heterocycles. The maximum atomic E-state index is 12.4. The van der Waals surface area contributed by atoms with Gasteiger partial charge < -0.3 is 0 Å². The van der Waals surface area contributed by atoms with Crippen LogP contribution in [0, 0.1) is 0 Å². The Morgan fingerprint density at radius 1 is 1.26 bits per heavy atom. The predicted octanol–water partition coefficient (Wildman–Crippen LogP) is 2.58. The van der Waals surface area contributed by atoms with Crippen molar-refractivity contribution in [2.75, 3.05) is 6.54 Å². The number of carbonyl (C=O) groups excluding carboxylic acids is 1. The van der Waals surface area contributed by atoms with Gasteiger partial charge in [-0.3, -0.25) is 4.79 Å². The molecule has 1 amide bonds. The SMILES string of the molecule is C=C(C)C(=O)N(CCCC)S(=O)(=O)c1ccccc1. The fourth-order valence-corrected chi connectivity index (χ4v) is 3.06. The first-order chi connectivity index (χ1) is 8.91. The second-order valence-electron chi connectivity index (χ2n) is 4.33. The van der Waals surface area contributed by atoms with Crippen molar-refractivity contribution < 1.29 is 13.2 Å². The molecule has 0 N–H and O–H groups in total. The Bertz CT molecular complexity index is 549. The van der Waals surface area contributed by atoms with E-state index < -0.39 is 15.9 Å². The number of hydrogen-bond donors (Lipinski definition) is 0. The van der Waals surface area contributed by atoms with E-state index in [9.17, 15) is 13.2 Å². The van der Waals surface area contributed by atoms with Gasteiger partial charge in [0, 0.05) is 12.1 Å². The lowest BCUT2D eigenvalue weighted by Crippen LogP contribution is -2.38. The topological polar surface area (TPSA) is 54.5 Å². The van der Waals surface area contributed by atoms with Gasteiger partial charge in [0.2, 0.25) is 0 Å². The van der Waals surface area contributed by atoms with Crippen molar-refractivity contribution in [2.45, 2.75) is 31.6 Å². The zero-order valence-electron chi connectivity index (χ0n) is 11.3. The van der Waals surface area contributed by atoms with Crippen molar-refractivity contribution >= 4 is 15.9 Å². The summed E-state index contributed by atoms with van der Waals surface area (Å²) in [5.74, 6) is -0.544. The van der Waals surface area contributed by atoms with Crippen LogP contribution in [0.3, 0.4) is 0 Å². The fourth-order valence-electron chi connectivity index (χ4n) is 1.57. The van der Waals surface area contributed by atoms with Gasteiger partial charge in [0.25, 0.3) is 15.9 Å². The molecule has 19 heavy (non-hydrogen) atoms. The molecule has 0 saturated heterocycles. The first kappa shape index (κ1) is 15.4. The van der Waals surface area contributed by atoms with Crippen LogP contribution >= 0.6 is 0 Å². The molecule has 1 aromatic carbocycles. The van der Waals surface area contributed by atoms with Gasteiger partial charge in [-0.2, -0.15) is 0 Å². The Hall–Kier alpha value is -1.62. The van der Waals surface area contributed by atoms with Crippen LogP contribution in [0.2, 0.25) is 0 Å². The van der Waals surface area contributed by atoms with Crippen LogP contribution < -0.4 is 0 Å². The van der Waals surface area contributed by atoms with Crippen LogP contribution in [0.1, 0.15) is 26.7 Å². The number of hydrogen-bond acceptors (Lipinski definition) is 3. The summed E-state index contributed by atoms with van der Waals surface area (Å²) in [4.78, 5) is 12.1. The Balaban J connectivity index is 3.16. The number of sulfonamides is 1. The van der Waals surface area contributed by atoms with E-state index in [2.05, 4.69) is 6.58 Å². The average Bonchev–Trinajstić information content (AvgIpc) is 2.39. The van der Waals surface area contributed by atoms with Crippen LogP contribution in [0.5, 0.6) is 0 Å². The van der Waals surface area contributed by atoms with Crippen LogP contribution in [0.4, 0.5) is 0 Å². The summed E-state index contributed by atoms with van der Waals surface area (Å²) in [5, 5.41) is 0. The molecule has 0 aliphatic carbocycles. The van der Waals surface area contributed by atoms with Gasteiger partial charge in [0.05, 0.1) is 4.90 Å². The van der Waals surface area contributed by atoms with Crippen LogP contribution in [-0.4, -0.2) is 25.2 Å². The molecule has 0 unspecified atom stereocenters. The molecular formula is C14H19NO3S. The minimum absolute atomic E-state index is 0.126. The number of benzene rings is 1. The first-order valence-corrected chi connectivity index (χ1v) is 7.63. The molecule has 0 aliphatic rings. The molecule has 0 atom stereocenters. The number of carbonyl (C=O) groups is 1. The predicted molar refractivity (Wildman–Crippen MR) is 75.1 cm³/mol. The average molecular weight is 281 g/mol. The quantitative estimate of drug-likeness (QED) is 0.753. The largest absolute Gasteiger partial charge is 0.268 e. The van der Waals surface area contributed by atoms with Crippen molar-refractivity contribution in [3.8, 4) is 0 Å². The first-order valence-electron chi connectivity index (χ1n) is 6.19. The van der Waals surface area contributed by atoms with E-state index in [-0.39, 0.29) is 17.0 Å². The number of amides is 1. The van der Waals surface area contributed by atoms with Crippen molar-refractivity contribution in [1.82, 2.24) is 4.31 Å². The molecule has 0 aromatic heterocycles. The summed E-state index contributed by atoms with van der Waals surface area (Å²) in [6, 6.07) is 7.97. The lowest BCUT2D eigenvalue weighted by atomic mass is 10.3. The minimum Gasteiger partial charge on any atom is -0.268 e. The summed E-state index contributed by atoms with van der Waals surface area (Å²) in [5.41, 5.74) is 0.218. The summed E-state index contributed by atoms with van der Waals surface area (Å²) < 4.78 is 25.8. The Labute approximate surface area is 114 Å². The van der Waals surface area contributed by atoms with Crippen LogP contribution in [-0.2, 0) is 14.8 Å². The van der Waals surface area contributed by atoms with E-state index in [1.54, 1.807) is 18.2 Å². The van der Waals surface area contributed by atoms with Crippen LogP contribution in [0.25, 0.3) is 0 Å². The van der Waals surface area contributed by atoms with E-state index in [1.165, 1.54) is 19.1 Å². The lowest BCUT2D eigenvalue weighted by Gasteiger charge is -2.22. The second-order valence-corrected chi connectivity index (χ2v) is 6.19. The number of nitrogens with zero attached hydrogens (tertiary/aromatic N) is 1. The van der Waals surface area contributed by atoms with Gasteiger partial charge in [0.1, 0.15) is 0 Å². The molecule has 0 fully saturated rings. The molecule has 5 heteroatoms. The molecule has 1 aromatic rings. The number of rotatable bonds is 6. The van der Waals surface area contributed by atoms with Gasteiger partial charge in [-0.15, -0.1) is 0 Å². The Morgan fingerprint density at radius 3 is 2.32 bits per heavy atom. The van der Waals surface area contributed by atoms with E-state index in [0.717, 1.165) is 10.7 Å². The van der Waals surface area contributed by atoms with Crippen molar-refractivity contribution in [3.05, 3.63) is 42.5 Å². The molecule has 0 saturated carbocycles. The molecule has 0 spiro atoms. The van der Waals surface area contributed by atoms with E-state index in [4.69, 9.17) is 0 Å². The van der Waals surface area contributed by atoms with E-state index in [0.29, 0.717) is 6.42 Å². The molecule has 0 bridgehead atoms. The summed E-state index contributed by atoms with van der Waals surface area (Å²) in [6.45, 7) is 7.17. The minimum atomic E-state index is -3.79. The number of unbranched alkanes of at least 4 members (excludes halogenated alkanes) is 1. The molecule has 0 radical (unpaired) electrons. The maximum Gasteiger partial charge on any atom is 0.266 e. The Morgan fingerprint density at radius 2 is 1.84 bits per heavy atom. The fraction of sp³-hybridized carbons (Fsp3) is 0.357. The third-order valence-electron chi connectivity index (χ3n) is 2.64. The highest BCUT2D eigenvalue weighted by atomic mass is 32.2. The highest BCUT2D eigenvalue weighted by molar-refractivity contribution is 7.89. The zero-order valence-corrected chi connectivity index (χ0v) is 12.1. The molecule has 0 heterocycles. The van der Waals surface area contributed by atoms with Crippen molar-refractivity contribution in [2.24, 2.45) is 0 Å². The van der Waals surface area contributed by atoms with Crippen molar-refractivity contribution in [1.29, 1.82) is 0 Å². The maximum absolute atomic E-state index is 12.4. The van der Waals surface area contributed by atoms with E-state index in [1.807, 2.05) is 6.92 Å². The third kappa shape index (κ3) is 3.67. The second kappa shape index (κ2) is 6.52. The molecule has 1 rings (SSSR count). The smallest absolute Gasteiger partial charge is 0.266 e. The lowest BCUT2D eigenvalue weighted by molar-refractivity contribution is -0.122. The Kier molecular flexibility index (Phi) is 5.30. The van der Waals surface area contributed by atoms with Gasteiger partial charge >= 0.3 is 0 Å².